The van der Waals surface area contributed by atoms with Gasteiger partial charge < -0.3 is 0 Å². The summed E-state index contributed by atoms with van der Waals surface area (Å²) in [4.78, 5) is 14.2. The molecule has 0 saturated carbocycles. The largest absolute Gasteiger partial charge is 0.297 e. The number of benzene rings is 2. The van der Waals surface area contributed by atoms with Crippen LogP contribution in [0.2, 0.25) is 0 Å². The molecule has 176 valence electrons. The van der Waals surface area contributed by atoms with Gasteiger partial charge in [-0.2, -0.15) is 16.8 Å². The molecule has 0 aliphatic heterocycles. The van der Waals surface area contributed by atoms with Crippen LogP contribution in [0, 0.1) is 30.9 Å². The fourth-order valence-electron chi connectivity index (χ4n) is 2.53. The van der Waals surface area contributed by atoms with Gasteiger partial charge in [-0.15, -0.1) is 0 Å². The van der Waals surface area contributed by atoms with Crippen LogP contribution in [0.15, 0.2) is 70.6 Å². The van der Waals surface area contributed by atoms with Crippen molar-refractivity contribution in [3.8, 4) is 0 Å². The second-order valence-corrected chi connectivity index (χ2v) is 10.0. The fraction of sp³-hybridized carbons (Fsp3) is 0.190. The van der Waals surface area contributed by atoms with Gasteiger partial charge in [0.15, 0.2) is 0 Å². The minimum Gasteiger partial charge on any atom is -0.282 e. The van der Waals surface area contributed by atoms with Crippen LogP contribution in [-0.4, -0.2) is 31.3 Å². The summed E-state index contributed by atoms with van der Waals surface area (Å²) in [6, 6.07) is 13.5. The van der Waals surface area contributed by atoms with Crippen molar-refractivity contribution in [3.05, 3.63) is 93.3 Å². The number of nitro groups is 1. The Morgan fingerprint density at radius 3 is 1.82 bits per heavy atom. The van der Waals surface area contributed by atoms with E-state index in [1.807, 2.05) is 13.8 Å². The molecule has 0 radical (unpaired) electrons. The quantitative estimate of drug-likeness (QED) is 0.233. The molecule has 0 atom stereocenters. The molecule has 0 fully saturated rings. The second kappa shape index (κ2) is 10.6. The van der Waals surface area contributed by atoms with Crippen LogP contribution in [0.3, 0.4) is 0 Å². The molecule has 33 heavy (non-hydrogen) atoms. The number of pyridine rings is 1. The van der Waals surface area contributed by atoms with Crippen molar-refractivity contribution in [2.75, 3.05) is 0 Å². The van der Waals surface area contributed by atoms with Gasteiger partial charge in [0.2, 0.25) is 0 Å². The molecule has 0 bridgehead atoms. The summed E-state index contributed by atoms with van der Waals surface area (Å²) in [6.45, 7) is 4.83. The van der Waals surface area contributed by atoms with Crippen LogP contribution in [0.25, 0.3) is 0 Å². The van der Waals surface area contributed by atoms with E-state index in [2.05, 4.69) is 4.98 Å². The summed E-state index contributed by atoms with van der Waals surface area (Å²) in [5, 5.41) is 10.8. The SMILES string of the molecule is Cc1ccc(S(=O)(=O)O)cc1.Cc1ccc(S(=O)(=O)OCc2nccc([N+](=O)[O-])c2C)cc1. The predicted octanol–water partition coefficient (Wildman–Crippen LogP) is 3.75. The number of hydrogen-bond acceptors (Lipinski definition) is 8. The molecule has 0 spiro atoms. The molecule has 0 unspecified atom stereocenters. The molecule has 0 aliphatic carbocycles. The molecule has 1 aromatic heterocycles. The molecule has 1 heterocycles. The van der Waals surface area contributed by atoms with E-state index in [9.17, 15) is 26.9 Å². The highest BCUT2D eigenvalue weighted by molar-refractivity contribution is 7.86. The Kier molecular flexibility index (Phi) is 8.39. The molecule has 3 aromatic rings. The Bertz CT molecular complexity index is 1340. The van der Waals surface area contributed by atoms with E-state index in [1.54, 1.807) is 24.3 Å². The average Bonchev–Trinajstić information content (AvgIpc) is 2.73. The predicted molar refractivity (Wildman–Crippen MR) is 120 cm³/mol. The number of aromatic nitrogens is 1. The molecular weight excluding hydrogens is 472 g/mol. The fourth-order valence-corrected chi connectivity index (χ4v) is 3.88. The molecule has 12 heteroatoms. The van der Waals surface area contributed by atoms with Crippen molar-refractivity contribution >= 4 is 25.9 Å². The highest BCUT2D eigenvalue weighted by Gasteiger charge is 2.19. The Morgan fingerprint density at radius 2 is 1.36 bits per heavy atom. The van der Waals surface area contributed by atoms with Crippen molar-refractivity contribution in [1.82, 2.24) is 4.98 Å². The normalized spacial score (nSPS) is 11.4. The highest BCUT2D eigenvalue weighted by Crippen LogP contribution is 2.21. The Balaban J connectivity index is 0.000000294. The van der Waals surface area contributed by atoms with Crippen LogP contribution in [0.4, 0.5) is 5.69 Å². The van der Waals surface area contributed by atoms with E-state index < -0.39 is 25.2 Å². The van der Waals surface area contributed by atoms with Gasteiger partial charge in [-0.3, -0.25) is 23.8 Å². The number of nitrogens with zero attached hydrogens (tertiary/aromatic N) is 2. The minimum absolute atomic E-state index is 0.0289. The van der Waals surface area contributed by atoms with Crippen molar-refractivity contribution in [2.24, 2.45) is 0 Å². The lowest BCUT2D eigenvalue weighted by Crippen LogP contribution is -2.09. The van der Waals surface area contributed by atoms with E-state index in [0.717, 1.165) is 11.1 Å². The monoisotopic (exact) mass is 494 g/mol. The van der Waals surface area contributed by atoms with Gasteiger partial charge >= 0.3 is 0 Å². The first-order valence-corrected chi connectivity index (χ1v) is 12.2. The molecule has 1 N–H and O–H groups in total. The molecular formula is C21H22N2O8S2. The van der Waals surface area contributed by atoms with Crippen LogP contribution >= 0.6 is 0 Å². The average molecular weight is 495 g/mol. The van der Waals surface area contributed by atoms with Crippen LogP contribution in [0.5, 0.6) is 0 Å². The smallest absolute Gasteiger partial charge is 0.282 e. The summed E-state index contributed by atoms with van der Waals surface area (Å²) in [5.41, 5.74) is 2.25. The maximum Gasteiger partial charge on any atom is 0.297 e. The second-order valence-electron chi connectivity index (χ2n) is 6.98. The molecule has 0 aliphatic rings. The van der Waals surface area contributed by atoms with Gasteiger partial charge in [0.1, 0.15) is 6.61 Å². The standard InChI is InChI=1S/C14H14N2O5S.C7H8O3S/c1-10-3-5-12(6-4-10)22(19,20)21-9-13-11(2)14(16(17)18)7-8-15-13;1-6-2-4-7(5-3-6)11(8,9)10/h3-8H,9H2,1-2H3;2-5H,1H3,(H,8,9,10). The first-order valence-electron chi connectivity index (χ1n) is 9.40. The van der Waals surface area contributed by atoms with Crippen molar-refractivity contribution in [2.45, 2.75) is 37.2 Å². The number of aryl methyl sites for hydroxylation is 2. The Morgan fingerprint density at radius 1 is 0.879 bits per heavy atom. The van der Waals surface area contributed by atoms with E-state index in [4.69, 9.17) is 8.74 Å². The third-order valence-electron chi connectivity index (χ3n) is 4.46. The van der Waals surface area contributed by atoms with Gasteiger partial charge in [-0.1, -0.05) is 35.4 Å². The van der Waals surface area contributed by atoms with Crippen LogP contribution in [0.1, 0.15) is 22.4 Å². The van der Waals surface area contributed by atoms with Crippen molar-refractivity contribution < 1.29 is 30.5 Å². The third-order valence-corrected chi connectivity index (χ3v) is 6.60. The highest BCUT2D eigenvalue weighted by atomic mass is 32.2. The number of rotatable bonds is 6. The van der Waals surface area contributed by atoms with E-state index >= 15 is 0 Å². The van der Waals surface area contributed by atoms with Gasteiger partial charge in [0.05, 0.1) is 26.0 Å². The summed E-state index contributed by atoms with van der Waals surface area (Å²) < 4.78 is 58.6. The lowest BCUT2D eigenvalue weighted by atomic mass is 10.2. The van der Waals surface area contributed by atoms with Crippen LogP contribution in [-0.2, 0) is 31.0 Å². The van der Waals surface area contributed by atoms with E-state index in [1.165, 1.54) is 43.5 Å². The van der Waals surface area contributed by atoms with E-state index in [-0.39, 0.29) is 33.3 Å². The Hall–Kier alpha value is -3.19. The molecule has 0 saturated heterocycles. The first kappa shape index (κ1) is 26.1. The molecule has 3 rings (SSSR count). The zero-order chi connectivity index (χ0) is 24.8. The molecule has 2 aromatic carbocycles. The summed E-state index contributed by atoms with van der Waals surface area (Å²) in [7, 11) is -7.95. The minimum atomic E-state index is -4.02. The van der Waals surface area contributed by atoms with Gasteiger partial charge in [-0.25, -0.2) is 0 Å². The lowest BCUT2D eigenvalue weighted by Gasteiger charge is -2.07. The maximum atomic E-state index is 12.1. The van der Waals surface area contributed by atoms with Gasteiger partial charge in [0, 0.05) is 12.3 Å². The summed E-state index contributed by atoms with van der Waals surface area (Å²) in [6.07, 6.45) is 1.25. The van der Waals surface area contributed by atoms with Crippen molar-refractivity contribution in [1.29, 1.82) is 0 Å². The van der Waals surface area contributed by atoms with Crippen LogP contribution < -0.4 is 0 Å². The summed E-state index contributed by atoms with van der Waals surface area (Å²) >= 11 is 0. The first-order chi connectivity index (χ1) is 15.3. The van der Waals surface area contributed by atoms with E-state index in [0.29, 0.717) is 0 Å². The van der Waals surface area contributed by atoms with Crippen molar-refractivity contribution in [3.63, 3.8) is 0 Å². The van der Waals surface area contributed by atoms with Gasteiger partial charge in [-0.05, 0) is 45.0 Å². The topological polar surface area (TPSA) is 154 Å². The Labute approximate surface area is 191 Å². The zero-order valence-corrected chi connectivity index (χ0v) is 19.6. The number of hydrogen-bond donors (Lipinski definition) is 1. The lowest BCUT2D eigenvalue weighted by molar-refractivity contribution is -0.385. The van der Waals surface area contributed by atoms with Gasteiger partial charge in [0.25, 0.3) is 25.9 Å². The molecule has 0 amide bonds. The molecule has 10 nitrogen and oxygen atoms in total. The maximum absolute atomic E-state index is 12.1. The summed E-state index contributed by atoms with van der Waals surface area (Å²) in [5.74, 6) is 0. The third kappa shape index (κ3) is 7.43. The zero-order valence-electron chi connectivity index (χ0n) is 18.0.